The Morgan fingerprint density at radius 2 is 1.85 bits per heavy atom. The molecule has 0 unspecified atom stereocenters. The smallest absolute Gasteiger partial charge is 0.0153 e. The van der Waals surface area contributed by atoms with Crippen LogP contribution in [-0.2, 0) is 0 Å². The van der Waals surface area contributed by atoms with Crippen LogP contribution in [0.3, 0.4) is 0 Å². The molecule has 0 saturated heterocycles. The lowest BCUT2D eigenvalue weighted by atomic mass is 9.98. The average molecular weight is 184 g/mol. The summed E-state index contributed by atoms with van der Waals surface area (Å²) in [5, 5.41) is 3.63. The van der Waals surface area contributed by atoms with Gasteiger partial charge in [-0.25, -0.2) is 0 Å². The van der Waals surface area contributed by atoms with E-state index in [1.54, 1.807) is 0 Å². The number of nitrogens with one attached hydrogen (secondary N) is 1. The van der Waals surface area contributed by atoms with Gasteiger partial charge in [0.15, 0.2) is 0 Å². The minimum Gasteiger partial charge on any atom is -0.326 e. The third-order valence-electron chi connectivity index (χ3n) is 3.03. The third kappa shape index (κ3) is 4.10. The van der Waals surface area contributed by atoms with E-state index in [0.717, 1.165) is 13.0 Å². The summed E-state index contributed by atoms with van der Waals surface area (Å²) in [4.78, 5) is 0. The van der Waals surface area contributed by atoms with Crippen molar-refractivity contribution in [1.82, 2.24) is 5.32 Å². The van der Waals surface area contributed by atoms with Gasteiger partial charge in [0.25, 0.3) is 0 Å². The van der Waals surface area contributed by atoms with Crippen LogP contribution in [0.2, 0.25) is 0 Å². The van der Waals surface area contributed by atoms with Gasteiger partial charge in [-0.3, -0.25) is 0 Å². The molecular weight excluding hydrogens is 160 g/mol. The molecule has 0 bridgehead atoms. The molecule has 0 amide bonds. The highest BCUT2D eigenvalue weighted by Gasteiger charge is 2.27. The first kappa shape index (κ1) is 11.0. The molecule has 0 spiro atoms. The first-order chi connectivity index (χ1) is 5.91. The Morgan fingerprint density at radius 3 is 2.31 bits per heavy atom. The molecule has 2 heteroatoms. The minimum atomic E-state index is -0.0258. The lowest BCUT2D eigenvalue weighted by Crippen LogP contribution is -2.43. The second kappa shape index (κ2) is 3.97. The highest BCUT2D eigenvalue weighted by Crippen LogP contribution is 2.28. The molecule has 0 aliphatic heterocycles. The lowest BCUT2D eigenvalue weighted by molar-refractivity contribution is 0.339. The molecule has 78 valence electrons. The van der Waals surface area contributed by atoms with Crippen molar-refractivity contribution in [3.63, 3.8) is 0 Å². The molecule has 2 nitrogen and oxygen atoms in total. The number of nitrogens with two attached hydrogens (primary N) is 1. The molecule has 0 aromatic heterocycles. The minimum absolute atomic E-state index is 0.0258. The van der Waals surface area contributed by atoms with E-state index in [9.17, 15) is 0 Å². The third-order valence-corrected chi connectivity index (χ3v) is 3.03. The van der Waals surface area contributed by atoms with Crippen LogP contribution < -0.4 is 11.1 Å². The van der Waals surface area contributed by atoms with Crippen LogP contribution in [0, 0.1) is 0 Å². The average Bonchev–Trinajstić information content (AvgIpc) is 2.33. The largest absolute Gasteiger partial charge is 0.326 e. The van der Waals surface area contributed by atoms with E-state index in [1.807, 2.05) is 0 Å². The van der Waals surface area contributed by atoms with Crippen molar-refractivity contribution >= 4 is 0 Å². The maximum Gasteiger partial charge on any atom is 0.0153 e. The first-order valence-electron chi connectivity index (χ1n) is 5.45. The first-order valence-corrected chi connectivity index (χ1v) is 5.45. The molecule has 1 rings (SSSR count). The lowest BCUT2D eigenvalue weighted by Gasteiger charge is -2.27. The van der Waals surface area contributed by atoms with Gasteiger partial charge in [0.1, 0.15) is 0 Å². The summed E-state index contributed by atoms with van der Waals surface area (Å²) in [6, 6.07) is 0. The van der Waals surface area contributed by atoms with Crippen LogP contribution in [0.5, 0.6) is 0 Å². The quantitative estimate of drug-likeness (QED) is 0.701. The van der Waals surface area contributed by atoms with E-state index in [0.29, 0.717) is 5.54 Å². The van der Waals surface area contributed by atoms with Crippen LogP contribution >= 0.6 is 0 Å². The fourth-order valence-corrected chi connectivity index (χ4v) is 2.02. The van der Waals surface area contributed by atoms with Gasteiger partial charge in [0, 0.05) is 11.1 Å². The van der Waals surface area contributed by atoms with Crippen LogP contribution in [0.4, 0.5) is 0 Å². The van der Waals surface area contributed by atoms with Crippen molar-refractivity contribution < 1.29 is 0 Å². The molecule has 0 heterocycles. The van der Waals surface area contributed by atoms with Gasteiger partial charge in [0.05, 0.1) is 0 Å². The van der Waals surface area contributed by atoms with Gasteiger partial charge in [-0.1, -0.05) is 12.8 Å². The van der Waals surface area contributed by atoms with E-state index >= 15 is 0 Å². The van der Waals surface area contributed by atoms with Crippen molar-refractivity contribution in [1.29, 1.82) is 0 Å². The van der Waals surface area contributed by atoms with Crippen molar-refractivity contribution in [2.45, 2.75) is 64.0 Å². The van der Waals surface area contributed by atoms with Gasteiger partial charge >= 0.3 is 0 Å². The summed E-state index contributed by atoms with van der Waals surface area (Å²) in [5.74, 6) is 0. The van der Waals surface area contributed by atoms with E-state index in [2.05, 4.69) is 26.1 Å². The Morgan fingerprint density at radius 1 is 1.31 bits per heavy atom. The van der Waals surface area contributed by atoms with Crippen molar-refractivity contribution in [3.05, 3.63) is 0 Å². The fraction of sp³-hybridized carbons (Fsp3) is 1.00. The SMILES string of the molecule is CC(C)(N)CCNC1(C)CCCC1. The zero-order valence-corrected chi connectivity index (χ0v) is 9.32. The van der Waals surface area contributed by atoms with E-state index in [-0.39, 0.29) is 5.54 Å². The van der Waals surface area contributed by atoms with Crippen LogP contribution in [0.25, 0.3) is 0 Å². The molecule has 0 aromatic carbocycles. The highest BCUT2D eigenvalue weighted by atomic mass is 15.0. The predicted molar refractivity (Wildman–Crippen MR) is 57.8 cm³/mol. The monoisotopic (exact) mass is 184 g/mol. The fourth-order valence-electron chi connectivity index (χ4n) is 2.02. The second-order valence-corrected chi connectivity index (χ2v) is 5.43. The van der Waals surface area contributed by atoms with Gasteiger partial charge in [-0.15, -0.1) is 0 Å². The zero-order chi connectivity index (χ0) is 9.95. The Labute approximate surface area is 82.3 Å². The summed E-state index contributed by atoms with van der Waals surface area (Å²) >= 11 is 0. The summed E-state index contributed by atoms with van der Waals surface area (Å²) < 4.78 is 0. The van der Waals surface area contributed by atoms with E-state index in [4.69, 9.17) is 5.73 Å². The predicted octanol–water partition coefficient (Wildman–Crippen LogP) is 2.04. The highest BCUT2D eigenvalue weighted by molar-refractivity contribution is 4.88. The molecule has 1 aliphatic rings. The second-order valence-electron chi connectivity index (χ2n) is 5.43. The number of hydrogen-bond donors (Lipinski definition) is 2. The summed E-state index contributed by atoms with van der Waals surface area (Å²) in [7, 11) is 0. The van der Waals surface area contributed by atoms with Crippen LogP contribution in [0.1, 0.15) is 52.9 Å². The van der Waals surface area contributed by atoms with E-state index in [1.165, 1.54) is 25.7 Å². The maximum atomic E-state index is 5.92. The molecule has 1 fully saturated rings. The van der Waals surface area contributed by atoms with Gasteiger partial charge in [0.2, 0.25) is 0 Å². The summed E-state index contributed by atoms with van der Waals surface area (Å²) in [6.07, 6.45) is 6.49. The molecular formula is C11H24N2. The van der Waals surface area contributed by atoms with Crippen molar-refractivity contribution in [2.24, 2.45) is 5.73 Å². The van der Waals surface area contributed by atoms with Crippen molar-refractivity contribution in [3.8, 4) is 0 Å². The van der Waals surface area contributed by atoms with Crippen molar-refractivity contribution in [2.75, 3.05) is 6.54 Å². The van der Waals surface area contributed by atoms with Gasteiger partial charge in [-0.2, -0.15) is 0 Å². The molecule has 3 N–H and O–H groups in total. The Hall–Kier alpha value is -0.0800. The Bertz CT molecular complexity index is 152. The molecule has 0 aromatic rings. The Balaban J connectivity index is 2.18. The molecule has 1 aliphatic carbocycles. The number of rotatable bonds is 4. The Kier molecular flexibility index (Phi) is 3.36. The van der Waals surface area contributed by atoms with E-state index < -0.39 is 0 Å². The molecule has 1 saturated carbocycles. The standard InChI is InChI=1S/C11H24N2/c1-10(2,12)8-9-13-11(3)6-4-5-7-11/h13H,4-9,12H2,1-3H3. The number of hydrogen-bond acceptors (Lipinski definition) is 2. The summed E-state index contributed by atoms with van der Waals surface area (Å²) in [6.45, 7) is 7.57. The molecule has 0 radical (unpaired) electrons. The topological polar surface area (TPSA) is 38.0 Å². The molecule has 0 atom stereocenters. The zero-order valence-electron chi connectivity index (χ0n) is 9.32. The van der Waals surface area contributed by atoms with Crippen LogP contribution in [-0.4, -0.2) is 17.6 Å². The van der Waals surface area contributed by atoms with Crippen LogP contribution in [0.15, 0.2) is 0 Å². The normalized spacial score (nSPS) is 22.2. The summed E-state index contributed by atoms with van der Waals surface area (Å²) in [5.41, 5.74) is 6.31. The molecule has 13 heavy (non-hydrogen) atoms. The maximum absolute atomic E-state index is 5.92. The van der Waals surface area contributed by atoms with Gasteiger partial charge < -0.3 is 11.1 Å². The van der Waals surface area contributed by atoms with Gasteiger partial charge in [-0.05, 0) is 46.6 Å².